The maximum atomic E-state index is 5.79. The number of aromatic nitrogens is 1. The SMILES string of the molecule is CCc1c[nH]c(CC)c1N. The molecule has 0 unspecified atom stereocenters. The molecule has 0 atom stereocenters. The fraction of sp³-hybridized carbons (Fsp3) is 0.500. The minimum absolute atomic E-state index is 0.949. The molecule has 2 heteroatoms. The lowest BCUT2D eigenvalue weighted by atomic mass is 10.2. The molecule has 0 spiro atoms. The van der Waals surface area contributed by atoms with E-state index >= 15 is 0 Å². The lowest BCUT2D eigenvalue weighted by Gasteiger charge is -1.95. The summed E-state index contributed by atoms with van der Waals surface area (Å²) in [4.78, 5) is 3.15. The summed E-state index contributed by atoms with van der Waals surface area (Å²) in [5, 5.41) is 0. The Morgan fingerprint density at radius 2 is 2.10 bits per heavy atom. The van der Waals surface area contributed by atoms with E-state index in [2.05, 4.69) is 18.8 Å². The highest BCUT2D eigenvalue weighted by Gasteiger charge is 2.02. The Kier molecular flexibility index (Phi) is 2.00. The van der Waals surface area contributed by atoms with E-state index in [0.29, 0.717) is 0 Å². The molecule has 1 aromatic heterocycles. The van der Waals surface area contributed by atoms with E-state index in [9.17, 15) is 0 Å². The topological polar surface area (TPSA) is 41.8 Å². The second-order valence-corrected chi connectivity index (χ2v) is 2.41. The molecule has 1 rings (SSSR count). The number of nitrogen functional groups attached to an aromatic ring is 1. The van der Waals surface area contributed by atoms with Crippen molar-refractivity contribution >= 4 is 5.69 Å². The highest BCUT2D eigenvalue weighted by atomic mass is 14.8. The van der Waals surface area contributed by atoms with E-state index in [1.807, 2.05) is 6.20 Å². The van der Waals surface area contributed by atoms with Crippen molar-refractivity contribution in [3.63, 3.8) is 0 Å². The number of nitrogens with one attached hydrogen (secondary N) is 1. The zero-order chi connectivity index (χ0) is 7.56. The molecule has 0 aliphatic heterocycles. The number of hydrogen-bond donors (Lipinski definition) is 2. The van der Waals surface area contributed by atoms with Gasteiger partial charge in [0.05, 0.1) is 5.69 Å². The number of hydrogen-bond acceptors (Lipinski definition) is 1. The Balaban J connectivity index is 2.97. The number of anilines is 1. The van der Waals surface area contributed by atoms with Crippen LogP contribution in [0.4, 0.5) is 5.69 Å². The largest absolute Gasteiger partial charge is 0.397 e. The van der Waals surface area contributed by atoms with Crippen LogP contribution in [-0.2, 0) is 12.8 Å². The normalized spacial score (nSPS) is 10.2. The average molecular weight is 138 g/mol. The summed E-state index contributed by atoms with van der Waals surface area (Å²) in [5.41, 5.74) is 9.14. The van der Waals surface area contributed by atoms with Crippen LogP contribution in [0.3, 0.4) is 0 Å². The highest BCUT2D eigenvalue weighted by molar-refractivity contribution is 5.51. The second-order valence-electron chi connectivity index (χ2n) is 2.41. The van der Waals surface area contributed by atoms with Gasteiger partial charge in [-0.25, -0.2) is 0 Å². The molecular formula is C8H14N2. The van der Waals surface area contributed by atoms with Crippen LogP contribution in [-0.4, -0.2) is 4.98 Å². The van der Waals surface area contributed by atoms with Crippen molar-refractivity contribution in [2.75, 3.05) is 5.73 Å². The molecular weight excluding hydrogens is 124 g/mol. The van der Waals surface area contributed by atoms with E-state index in [1.165, 1.54) is 5.56 Å². The van der Waals surface area contributed by atoms with E-state index in [0.717, 1.165) is 24.2 Å². The summed E-state index contributed by atoms with van der Waals surface area (Å²) in [5.74, 6) is 0. The number of rotatable bonds is 2. The molecule has 0 aliphatic rings. The van der Waals surface area contributed by atoms with Gasteiger partial charge in [0.1, 0.15) is 0 Å². The first-order chi connectivity index (χ1) is 4.79. The van der Waals surface area contributed by atoms with Crippen LogP contribution in [0.2, 0.25) is 0 Å². The molecule has 10 heavy (non-hydrogen) atoms. The first-order valence-corrected chi connectivity index (χ1v) is 3.74. The fourth-order valence-electron chi connectivity index (χ4n) is 1.11. The van der Waals surface area contributed by atoms with Crippen LogP contribution < -0.4 is 5.73 Å². The smallest absolute Gasteiger partial charge is 0.0557 e. The minimum Gasteiger partial charge on any atom is -0.397 e. The Morgan fingerprint density at radius 3 is 2.40 bits per heavy atom. The first kappa shape index (κ1) is 7.19. The Labute approximate surface area is 61.4 Å². The van der Waals surface area contributed by atoms with Gasteiger partial charge in [-0.3, -0.25) is 0 Å². The van der Waals surface area contributed by atoms with Crippen molar-refractivity contribution < 1.29 is 0 Å². The predicted octanol–water partition coefficient (Wildman–Crippen LogP) is 1.72. The van der Waals surface area contributed by atoms with Crippen molar-refractivity contribution in [2.24, 2.45) is 0 Å². The molecule has 3 N–H and O–H groups in total. The molecule has 0 bridgehead atoms. The van der Waals surface area contributed by atoms with Gasteiger partial charge in [0.2, 0.25) is 0 Å². The predicted molar refractivity (Wildman–Crippen MR) is 44.0 cm³/mol. The van der Waals surface area contributed by atoms with Crippen molar-refractivity contribution in [3.8, 4) is 0 Å². The van der Waals surface area contributed by atoms with Crippen molar-refractivity contribution in [1.29, 1.82) is 0 Å². The van der Waals surface area contributed by atoms with Crippen LogP contribution >= 0.6 is 0 Å². The van der Waals surface area contributed by atoms with E-state index < -0.39 is 0 Å². The van der Waals surface area contributed by atoms with Gasteiger partial charge in [-0.1, -0.05) is 13.8 Å². The molecule has 0 saturated heterocycles. The maximum Gasteiger partial charge on any atom is 0.0557 e. The molecule has 0 aliphatic carbocycles. The molecule has 1 heterocycles. The van der Waals surface area contributed by atoms with Gasteiger partial charge in [0.15, 0.2) is 0 Å². The zero-order valence-corrected chi connectivity index (χ0v) is 6.57. The van der Waals surface area contributed by atoms with Crippen molar-refractivity contribution in [2.45, 2.75) is 26.7 Å². The highest BCUT2D eigenvalue weighted by Crippen LogP contribution is 2.16. The van der Waals surface area contributed by atoms with E-state index in [4.69, 9.17) is 5.73 Å². The van der Waals surface area contributed by atoms with E-state index in [-0.39, 0.29) is 0 Å². The molecule has 0 radical (unpaired) electrons. The summed E-state index contributed by atoms with van der Waals surface area (Å²) in [6, 6.07) is 0. The number of aromatic amines is 1. The molecule has 1 aromatic rings. The zero-order valence-electron chi connectivity index (χ0n) is 6.57. The summed E-state index contributed by atoms with van der Waals surface area (Å²) >= 11 is 0. The fourth-order valence-corrected chi connectivity index (χ4v) is 1.11. The minimum atomic E-state index is 0.949. The van der Waals surface area contributed by atoms with Crippen LogP contribution in [0.1, 0.15) is 25.1 Å². The number of H-pyrrole nitrogens is 1. The van der Waals surface area contributed by atoms with Gasteiger partial charge in [-0.2, -0.15) is 0 Å². The van der Waals surface area contributed by atoms with Crippen LogP contribution in [0.15, 0.2) is 6.20 Å². The van der Waals surface area contributed by atoms with E-state index in [1.54, 1.807) is 0 Å². The second kappa shape index (κ2) is 2.78. The van der Waals surface area contributed by atoms with Crippen molar-refractivity contribution in [1.82, 2.24) is 4.98 Å². The van der Waals surface area contributed by atoms with Gasteiger partial charge in [0, 0.05) is 11.9 Å². The van der Waals surface area contributed by atoms with Gasteiger partial charge >= 0.3 is 0 Å². The third-order valence-electron chi connectivity index (χ3n) is 1.83. The first-order valence-electron chi connectivity index (χ1n) is 3.74. The molecule has 0 fully saturated rings. The molecule has 0 aromatic carbocycles. The van der Waals surface area contributed by atoms with Crippen molar-refractivity contribution in [3.05, 3.63) is 17.5 Å². The van der Waals surface area contributed by atoms with Crippen LogP contribution in [0.5, 0.6) is 0 Å². The Hall–Kier alpha value is -0.920. The summed E-state index contributed by atoms with van der Waals surface area (Å²) in [6.45, 7) is 4.21. The monoisotopic (exact) mass is 138 g/mol. The third kappa shape index (κ3) is 1.01. The quantitative estimate of drug-likeness (QED) is 0.642. The molecule has 0 saturated carbocycles. The van der Waals surface area contributed by atoms with Gasteiger partial charge < -0.3 is 10.7 Å². The maximum absolute atomic E-state index is 5.79. The average Bonchev–Trinajstić information content (AvgIpc) is 2.30. The molecule has 2 nitrogen and oxygen atoms in total. The summed E-state index contributed by atoms with van der Waals surface area (Å²) in [6.07, 6.45) is 4.00. The Bertz CT molecular complexity index is 192. The van der Waals surface area contributed by atoms with Gasteiger partial charge in [-0.05, 0) is 18.4 Å². The Morgan fingerprint density at radius 1 is 1.40 bits per heavy atom. The number of nitrogens with two attached hydrogens (primary N) is 1. The lowest BCUT2D eigenvalue weighted by molar-refractivity contribution is 1.07. The third-order valence-corrected chi connectivity index (χ3v) is 1.83. The molecule has 0 amide bonds. The summed E-state index contributed by atoms with van der Waals surface area (Å²) < 4.78 is 0. The summed E-state index contributed by atoms with van der Waals surface area (Å²) in [7, 11) is 0. The van der Waals surface area contributed by atoms with Gasteiger partial charge in [-0.15, -0.1) is 0 Å². The number of aryl methyl sites for hydroxylation is 2. The lowest BCUT2D eigenvalue weighted by Crippen LogP contribution is -1.92. The van der Waals surface area contributed by atoms with Gasteiger partial charge in [0.25, 0.3) is 0 Å². The molecule has 56 valence electrons. The van der Waals surface area contributed by atoms with Crippen LogP contribution in [0, 0.1) is 0 Å². The van der Waals surface area contributed by atoms with Crippen LogP contribution in [0.25, 0.3) is 0 Å². The standard InChI is InChI=1S/C8H14N2/c1-3-6-5-10-7(4-2)8(6)9/h5,10H,3-4,9H2,1-2H3.